The second-order valence-corrected chi connectivity index (χ2v) is 5.46. The molecule has 0 aliphatic heterocycles. The highest BCUT2D eigenvalue weighted by atomic mass is 16.5. The zero-order chi connectivity index (χ0) is 13.2. The Hall–Kier alpha value is -1.51. The van der Waals surface area contributed by atoms with E-state index in [0.717, 1.165) is 30.6 Å². The fraction of sp³-hybridized carbons (Fsp3) is 0.533. The summed E-state index contributed by atoms with van der Waals surface area (Å²) in [6.07, 6.45) is 3.21. The summed E-state index contributed by atoms with van der Waals surface area (Å²) < 4.78 is 5.11. The summed E-state index contributed by atoms with van der Waals surface area (Å²) in [5.74, 6) is 0.671. The molecule has 1 aliphatic carbocycles. The van der Waals surface area contributed by atoms with Crippen LogP contribution in [0, 0.1) is 11.3 Å². The molecular formula is C15H20O3. The van der Waals surface area contributed by atoms with Gasteiger partial charge in [-0.15, -0.1) is 0 Å². The van der Waals surface area contributed by atoms with Crippen molar-refractivity contribution in [3.05, 3.63) is 29.8 Å². The van der Waals surface area contributed by atoms with Crippen molar-refractivity contribution in [3.8, 4) is 5.75 Å². The molecule has 2 atom stereocenters. The van der Waals surface area contributed by atoms with Crippen LogP contribution in [0.2, 0.25) is 0 Å². The van der Waals surface area contributed by atoms with Crippen LogP contribution >= 0.6 is 0 Å². The Bertz CT molecular complexity index is 424. The van der Waals surface area contributed by atoms with Crippen molar-refractivity contribution >= 4 is 5.97 Å². The van der Waals surface area contributed by atoms with Gasteiger partial charge in [-0.05, 0) is 49.3 Å². The number of carboxylic acids is 1. The first-order valence-electron chi connectivity index (χ1n) is 6.42. The van der Waals surface area contributed by atoms with Crippen LogP contribution in [-0.4, -0.2) is 18.2 Å². The summed E-state index contributed by atoms with van der Waals surface area (Å²) in [5.41, 5.74) is 0.515. The third-order valence-electron chi connectivity index (χ3n) is 4.01. The lowest BCUT2D eigenvalue weighted by atomic mass is 9.79. The van der Waals surface area contributed by atoms with Crippen molar-refractivity contribution in [2.75, 3.05) is 7.11 Å². The topological polar surface area (TPSA) is 46.5 Å². The number of rotatable bonds is 4. The molecule has 1 aliphatic rings. The number of carbonyl (C=O) groups is 1. The Kier molecular flexibility index (Phi) is 3.60. The second kappa shape index (κ2) is 5.01. The van der Waals surface area contributed by atoms with Gasteiger partial charge in [0.05, 0.1) is 12.5 Å². The molecule has 0 heterocycles. The Morgan fingerprint density at radius 3 is 2.56 bits per heavy atom. The largest absolute Gasteiger partial charge is 0.497 e. The molecule has 0 radical (unpaired) electrons. The Balaban J connectivity index is 2.16. The van der Waals surface area contributed by atoms with Gasteiger partial charge in [-0.3, -0.25) is 4.79 Å². The summed E-state index contributed by atoms with van der Waals surface area (Å²) in [4.78, 5) is 11.6. The van der Waals surface area contributed by atoms with Crippen molar-refractivity contribution < 1.29 is 14.6 Å². The predicted molar refractivity (Wildman–Crippen MR) is 69.8 cm³/mol. The highest BCUT2D eigenvalue weighted by Crippen LogP contribution is 2.44. The molecule has 0 amide bonds. The summed E-state index contributed by atoms with van der Waals surface area (Å²) in [5, 5.41) is 9.52. The van der Waals surface area contributed by atoms with Gasteiger partial charge < -0.3 is 9.84 Å². The zero-order valence-electron chi connectivity index (χ0n) is 11.0. The highest BCUT2D eigenvalue weighted by molar-refractivity contribution is 5.75. The molecule has 18 heavy (non-hydrogen) atoms. The maximum absolute atomic E-state index is 11.6. The van der Waals surface area contributed by atoms with E-state index in [-0.39, 0.29) is 0 Å². The third kappa shape index (κ3) is 2.50. The molecule has 1 aromatic carbocycles. The van der Waals surface area contributed by atoms with Crippen molar-refractivity contribution in [2.45, 2.75) is 32.6 Å². The van der Waals surface area contributed by atoms with Gasteiger partial charge in [0.25, 0.3) is 0 Å². The maximum Gasteiger partial charge on any atom is 0.309 e. The van der Waals surface area contributed by atoms with Gasteiger partial charge in [-0.1, -0.05) is 19.1 Å². The lowest BCUT2D eigenvalue weighted by molar-refractivity contribution is -0.148. The first-order valence-corrected chi connectivity index (χ1v) is 6.42. The van der Waals surface area contributed by atoms with Gasteiger partial charge in [0, 0.05) is 0 Å². The molecule has 2 rings (SSSR count). The van der Waals surface area contributed by atoms with E-state index in [4.69, 9.17) is 4.74 Å². The second-order valence-electron chi connectivity index (χ2n) is 5.46. The van der Waals surface area contributed by atoms with E-state index in [1.165, 1.54) is 0 Å². The van der Waals surface area contributed by atoms with Crippen LogP contribution in [0.15, 0.2) is 24.3 Å². The molecule has 0 bridgehead atoms. The third-order valence-corrected chi connectivity index (χ3v) is 4.01. The van der Waals surface area contributed by atoms with Crippen LogP contribution in [0.25, 0.3) is 0 Å². The minimum Gasteiger partial charge on any atom is -0.497 e. The number of carboxylic acid groups (broad SMARTS) is 1. The van der Waals surface area contributed by atoms with Crippen molar-refractivity contribution in [2.24, 2.45) is 11.3 Å². The minimum atomic E-state index is -0.650. The molecule has 1 N–H and O–H groups in total. The standard InChI is InChI=1S/C15H20O3/c1-11-7-8-15(9-11,14(16)17)10-12-3-5-13(18-2)6-4-12/h3-6,11H,7-10H2,1-2H3,(H,16,17). The minimum absolute atomic E-state index is 0.513. The number of benzene rings is 1. The molecule has 0 aromatic heterocycles. The maximum atomic E-state index is 11.6. The first kappa shape index (κ1) is 12.9. The van der Waals surface area contributed by atoms with Gasteiger partial charge in [0.2, 0.25) is 0 Å². The van der Waals surface area contributed by atoms with Gasteiger partial charge in [-0.25, -0.2) is 0 Å². The average Bonchev–Trinajstić information content (AvgIpc) is 2.73. The molecule has 0 spiro atoms. The van der Waals surface area contributed by atoms with E-state index >= 15 is 0 Å². The van der Waals surface area contributed by atoms with E-state index in [1.54, 1.807) is 7.11 Å². The molecule has 3 nitrogen and oxygen atoms in total. The molecule has 0 saturated heterocycles. The van der Waals surface area contributed by atoms with Crippen molar-refractivity contribution in [1.29, 1.82) is 0 Å². The van der Waals surface area contributed by atoms with Gasteiger partial charge >= 0.3 is 5.97 Å². The molecular weight excluding hydrogens is 228 g/mol. The van der Waals surface area contributed by atoms with Gasteiger partial charge in [0.1, 0.15) is 5.75 Å². The summed E-state index contributed by atoms with van der Waals surface area (Å²) >= 11 is 0. The lowest BCUT2D eigenvalue weighted by Gasteiger charge is -2.24. The monoisotopic (exact) mass is 248 g/mol. The summed E-state index contributed by atoms with van der Waals surface area (Å²) in [6, 6.07) is 7.71. The highest BCUT2D eigenvalue weighted by Gasteiger charge is 2.43. The van der Waals surface area contributed by atoms with E-state index in [0.29, 0.717) is 12.3 Å². The summed E-state index contributed by atoms with van der Waals surface area (Å²) in [6.45, 7) is 2.14. The fourth-order valence-corrected chi connectivity index (χ4v) is 2.96. The summed E-state index contributed by atoms with van der Waals surface area (Å²) in [7, 11) is 1.63. The quantitative estimate of drug-likeness (QED) is 0.890. The van der Waals surface area contributed by atoms with E-state index < -0.39 is 11.4 Å². The van der Waals surface area contributed by atoms with Crippen LogP contribution in [0.1, 0.15) is 31.7 Å². The van der Waals surface area contributed by atoms with Crippen LogP contribution in [0.3, 0.4) is 0 Å². The number of aliphatic carboxylic acids is 1. The van der Waals surface area contributed by atoms with E-state index in [2.05, 4.69) is 6.92 Å². The van der Waals surface area contributed by atoms with E-state index in [1.807, 2.05) is 24.3 Å². The molecule has 1 saturated carbocycles. The molecule has 2 unspecified atom stereocenters. The van der Waals surface area contributed by atoms with Crippen LogP contribution < -0.4 is 4.74 Å². The molecule has 1 aromatic rings. The number of methoxy groups -OCH3 is 1. The predicted octanol–water partition coefficient (Wildman–Crippen LogP) is 3.13. The molecule has 3 heteroatoms. The molecule has 98 valence electrons. The van der Waals surface area contributed by atoms with Crippen LogP contribution in [-0.2, 0) is 11.2 Å². The Morgan fingerprint density at radius 1 is 1.44 bits per heavy atom. The van der Waals surface area contributed by atoms with Crippen molar-refractivity contribution in [1.82, 2.24) is 0 Å². The average molecular weight is 248 g/mol. The van der Waals surface area contributed by atoms with Crippen LogP contribution in [0.5, 0.6) is 5.75 Å². The number of ether oxygens (including phenoxy) is 1. The Morgan fingerprint density at radius 2 is 2.11 bits per heavy atom. The zero-order valence-corrected chi connectivity index (χ0v) is 11.0. The van der Waals surface area contributed by atoms with E-state index in [9.17, 15) is 9.90 Å². The lowest BCUT2D eigenvalue weighted by Crippen LogP contribution is -2.30. The number of hydrogen-bond acceptors (Lipinski definition) is 2. The van der Waals surface area contributed by atoms with Gasteiger partial charge in [-0.2, -0.15) is 0 Å². The smallest absolute Gasteiger partial charge is 0.309 e. The fourth-order valence-electron chi connectivity index (χ4n) is 2.96. The van der Waals surface area contributed by atoms with Crippen LogP contribution in [0.4, 0.5) is 0 Å². The molecule has 1 fully saturated rings. The first-order chi connectivity index (χ1) is 8.55. The van der Waals surface area contributed by atoms with Crippen molar-refractivity contribution in [3.63, 3.8) is 0 Å². The Labute approximate surface area is 108 Å². The number of hydrogen-bond donors (Lipinski definition) is 1. The SMILES string of the molecule is COc1ccc(CC2(C(=O)O)CCC(C)C2)cc1. The van der Waals surface area contributed by atoms with Gasteiger partial charge in [0.15, 0.2) is 0 Å². The normalized spacial score (nSPS) is 27.1.